The summed E-state index contributed by atoms with van der Waals surface area (Å²) < 4.78 is 0. The first-order chi connectivity index (χ1) is 18.7. The number of hydrogen-bond acceptors (Lipinski definition) is 1. The Labute approximate surface area is 229 Å². The fourth-order valence-corrected chi connectivity index (χ4v) is 8.71. The van der Waals surface area contributed by atoms with Crippen molar-refractivity contribution in [2.24, 2.45) is 5.41 Å². The van der Waals surface area contributed by atoms with Crippen LogP contribution in [0.15, 0.2) is 112 Å². The quantitative estimate of drug-likeness (QED) is 0.244. The average molecular weight is 507 g/mol. The van der Waals surface area contributed by atoms with Crippen LogP contribution in [0.2, 0.25) is 0 Å². The highest BCUT2D eigenvalue weighted by Gasteiger charge is 2.43. The summed E-state index contributed by atoms with van der Waals surface area (Å²) in [5.74, 6) is 0. The number of allylic oxidation sites excluding steroid dienone is 8. The van der Waals surface area contributed by atoms with Gasteiger partial charge in [-0.2, -0.15) is 0 Å². The molecule has 0 fully saturated rings. The molecular weight excluding hydrogens is 476 g/mol. The lowest BCUT2D eigenvalue weighted by atomic mass is 9.72. The summed E-state index contributed by atoms with van der Waals surface area (Å²) >= 11 is 2.02. The molecule has 1 aliphatic heterocycles. The molecular formula is C37H30S. The maximum atomic E-state index is 2.47. The Balaban J connectivity index is 1.27. The van der Waals surface area contributed by atoms with E-state index < -0.39 is 0 Å². The molecule has 0 aromatic heterocycles. The summed E-state index contributed by atoms with van der Waals surface area (Å²) in [6.45, 7) is 2.47. The topological polar surface area (TPSA) is 0 Å². The van der Waals surface area contributed by atoms with Gasteiger partial charge >= 0.3 is 0 Å². The zero-order valence-electron chi connectivity index (χ0n) is 21.8. The van der Waals surface area contributed by atoms with E-state index in [9.17, 15) is 0 Å². The molecule has 1 heterocycles. The summed E-state index contributed by atoms with van der Waals surface area (Å²) in [6.07, 6.45) is 19.9. The molecule has 1 atom stereocenters. The molecule has 4 aromatic rings. The Morgan fingerprint density at radius 1 is 0.658 bits per heavy atom. The minimum absolute atomic E-state index is 0.154. The number of rotatable bonds is 2. The van der Waals surface area contributed by atoms with Crippen LogP contribution in [0.25, 0.3) is 44.3 Å². The maximum Gasteiger partial charge on any atom is 0.0251 e. The number of benzene rings is 4. The fourth-order valence-electron chi connectivity index (χ4n) is 7.15. The highest BCUT2D eigenvalue weighted by molar-refractivity contribution is 8.07. The van der Waals surface area contributed by atoms with E-state index in [-0.39, 0.29) is 5.41 Å². The molecule has 0 nitrogen and oxygen atoms in total. The second kappa shape index (κ2) is 8.48. The van der Waals surface area contributed by atoms with E-state index >= 15 is 0 Å². The molecule has 0 amide bonds. The first kappa shape index (κ1) is 22.4. The molecule has 38 heavy (non-hydrogen) atoms. The van der Waals surface area contributed by atoms with Gasteiger partial charge in [-0.15, -0.1) is 0 Å². The highest BCUT2D eigenvalue weighted by Crippen LogP contribution is 2.62. The zero-order valence-corrected chi connectivity index (χ0v) is 22.6. The molecule has 0 bridgehead atoms. The van der Waals surface area contributed by atoms with E-state index in [4.69, 9.17) is 0 Å². The Hall–Kier alpha value is -3.55. The van der Waals surface area contributed by atoms with Crippen LogP contribution in [0.5, 0.6) is 0 Å². The van der Waals surface area contributed by atoms with Gasteiger partial charge in [0, 0.05) is 15.2 Å². The van der Waals surface area contributed by atoms with Gasteiger partial charge in [-0.1, -0.05) is 110 Å². The van der Waals surface area contributed by atoms with Crippen molar-refractivity contribution in [1.82, 2.24) is 0 Å². The lowest BCUT2D eigenvalue weighted by molar-refractivity contribution is 0.493. The molecule has 1 heteroatoms. The average Bonchev–Trinajstić information content (AvgIpc) is 3.29. The third kappa shape index (κ3) is 3.25. The first-order valence-corrected chi connectivity index (χ1v) is 14.8. The van der Waals surface area contributed by atoms with Gasteiger partial charge in [0.25, 0.3) is 0 Å². The molecule has 0 saturated heterocycles. The first-order valence-electron chi connectivity index (χ1n) is 13.9. The van der Waals surface area contributed by atoms with Gasteiger partial charge in [0.1, 0.15) is 0 Å². The van der Waals surface area contributed by atoms with E-state index in [1.54, 1.807) is 10.5 Å². The fraction of sp³-hybridized carbons (Fsp3) is 0.189. The van der Waals surface area contributed by atoms with Crippen LogP contribution in [0, 0.1) is 5.41 Å². The molecule has 3 aliphatic carbocycles. The zero-order chi connectivity index (χ0) is 25.3. The van der Waals surface area contributed by atoms with E-state index in [0.29, 0.717) is 0 Å². The largest absolute Gasteiger partial charge is 0.0930 e. The van der Waals surface area contributed by atoms with Gasteiger partial charge in [0.15, 0.2) is 0 Å². The second-order valence-electron chi connectivity index (χ2n) is 11.3. The van der Waals surface area contributed by atoms with Crippen LogP contribution in [-0.2, 0) is 6.42 Å². The van der Waals surface area contributed by atoms with E-state index in [1.807, 2.05) is 11.8 Å². The summed E-state index contributed by atoms with van der Waals surface area (Å²) in [7, 11) is 0. The van der Waals surface area contributed by atoms with E-state index in [2.05, 4.69) is 110 Å². The van der Waals surface area contributed by atoms with Crippen molar-refractivity contribution in [2.45, 2.75) is 39.0 Å². The number of thioether (sulfide) groups is 1. The van der Waals surface area contributed by atoms with Crippen LogP contribution in [0.3, 0.4) is 0 Å². The number of aryl methyl sites for hydroxylation is 1. The molecule has 4 aromatic carbocycles. The molecule has 4 aliphatic rings. The van der Waals surface area contributed by atoms with Gasteiger partial charge in [-0.05, 0) is 105 Å². The minimum atomic E-state index is 0.154. The van der Waals surface area contributed by atoms with E-state index in [1.165, 1.54) is 72.7 Å². The highest BCUT2D eigenvalue weighted by atomic mass is 32.2. The van der Waals surface area contributed by atoms with Gasteiger partial charge < -0.3 is 0 Å². The molecule has 1 unspecified atom stereocenters. The predicted octanol–water partition coefficient (Wildman–Crippen LogP) is 10.6. The molecule has 0 N–H and O–H groups in total. The summed E-state index contributed by atoms with van der Waals surface area (Å²) in [5.41, 5.74) is 10.1. The summed E-state index contributed by atoms with van der Waals surface area (Å²) in [4.78, 5) is 3.03. The van der Waals surface area contributed by atoms with Crippen molar-refractivity contribution in [3.63, 3.8) is 0 Å². The van der Waals surface area contributed by atoms with Gasteiger partial charge in [-0.25, -0.2) is 0 Å². The van der Waals surface area contributed by atoms with E-state index in [0.717, 1.165) is 19.3 Å². The molecule has 0 radical (unpaired) electrons. The third-order valence-electron chi connectivity index (χ3n) is 9.09. The molecule has 184 valence electrons. The third-order valence-corrected chi connectivity index (χ3v) is 10.6. The summed E-state index contributed by atoms with van der Waals surface area (Å²) in [5, 5.41) is 5.52. The predicted molar refractivity (Wildman–Crippen MR) is 166 cm³/mol. The van der Waals surface area contributed by atoms with Crippen molar-refractivity contribution in [2.75, 3.05) is 0 Å². The SMILES string of the molecule is CC12CC=CC(c3cccc(-c4ccc5c(c4)c4c(c6ccccc65)C=CCC4)c3)=C1SC1=C2CCC=C1. The number of fused-ring (bicyclic) bond motifs is 8. The molecule has 8 rings (SSSR count). The van der Waals surface area contributed by atoms with Crippen LogP contribution < -0.4 is 0 Å². The Morgan fingerprint density at radius 2 is 1.45 bits per heavy atom. The van der Waals surface area contributed by atoms with Crippen molar-refractivity contribution in [3.05, 3.63) is 129 Å². The second-order valence-corrected chi connectivity index (χ2v) is 12.3. The molecule has 0 saturated carbocycles. The van der Waals surface area contributed by atoms with Crippen LogP contribution in [0.4, 0.5) is 0 Å². The Kier molecular flexibility index (Phi) is 5.01. The smallest absolute Gasteiger partial charge is 0.0251 e. The van der Waals surface area contributed by atoms with Gasteiger partial charge in [0.05, 0.1) is 0 Å². The van der Waals surface area contributed by atoms with Crippen molar-refractivity contribution in [1.29, 1.82) is 0 Å². The monoisotopic (exact) mass is 506 g/mol. The normalized spacial score (nSPS) is 21.8. The maximum absolute atomic E-state index is 2.47. The Bertz CT molecular complexity index is 1820. The number of hydrogen-bond donors (Lipinski definition) is 0. The van der Waals surface area contributed by atoms with Gasteiger partial charge in [0.2, 0.25) is 0 Å². The van der Waals surface area contributed by atoms with Crippen LogP contribution in [-0.4, -0.2) is 0 Å². The lowest BCUT2D eigenvalue weighted by Crippen LogP contribution is -2.20. The van der Waals surface area contributed by atoms with Crippen molar-refractivity contribution >= 4 is 45.0 Å². The lowest BCUT2D eigenvalue weighted by Gasteiger charge is -2.33. The standard InChI is InChI=1S/C37H30S/c1-37-21-9-16-27(36(37)38-35-18-7-6-17-34(35)37)26-11-8-10-24(22-26)25-19-20-32-30-14-3-2-12-28(30)29-13-4-5-15-31(29)33(32)23-25/h2-4,7-14,16,18-20,22-23H,5-6,15,17,21H2,1H3. The van der Waals surface area contributed by atoms with Crippen molar-refractivity contribution < 1.29 is 0 Å². The Morgan fingerprint density at radius 3 is 2.39 bits per heavy atom. The minimum Gasteiger partial charge on any atom is -0.0930 e. The van der Waals surface area contributed by atoms with Crippen molar-refractivity contribution in [3.8, 4) is 11.1 Å². The summed E-state index contributed by atoms with van der Waals surface area (Å²) in [6, 6.07) is 25.3. The van der Waals surface area contributed by atoms with Crippen LogP contribution in [0.1, 0.15) is 49.3 Å². The molecule has 0 spiro atoms. The van der Waals surface area contributed by atoms with Gasteiger partial charge in [-0.3, -0.25) is 0 Å². The van der Waals surface area contributed by atoms with Crippen LogP contribution >= 0.6 is 11.8 Å².